The van der Waals surface area contributed by atoms with Crippen molar-refractivity contribution in [2.45, 2.75) is 76.5 Å². The molecule has 1 fully saturated rings. The second-order valence-electron chi connectivity index (χ2n) is 7.81. The van der Waals surface area contributed by atoms with Gasteiger partial charge in [-0.1, -0.05) is 25.2 Å². The fourth-order valence-corrected chi connectivity index (χ4v) is 3.71. The molecule has 2 atom stereocenters. The summed E-state index contributed by atoms with van der Waals surface area (Å²) in [5.41, 5.74) is 5.18. The number of rotatable bonds is 10. The molecule has 0 aliphatic carbocycles. The zero-order valence-electron chi connectivity index (χ0n) is 18.3. The summed E-state index contributed by atoms with van der Waals surface area (Å²) in [6.07, 6.45) is 13.0. The summed E-state index contributed by atoms with van der Waals surface area (Å²) in [5, 5.41) is 0. The van der Waals surface area contributed by atoms with Crippen LogP contribution in [0.1, 0.15) is 70.9 Å². The molecular weight excluding hydrogens is 413 g/mol. The highest BCUT2D eigenvalue weighted by Crippen LogP contribution is 2.38. The van der Waals surface area contributed by atoms with Gasteiger partial charge in [-0.25, -0.2) is 4.98 Å². The molecule has 0 aromatic carbocycles. The van der Waals surface area contributed by atoms with E-state index in [0.29, 0.717) is 19.3 Å². The Morgan fingerprint density at radius 2 is 2.16 bits per heavy atom. The first-order valence-corrected chi connectivity index (χ1v) is 10.8. The third kappa shape index (κ3) is 5.74. The van der Waals surface area contributed by atoms with Crippen molar-refractivity contribution in [3.63, 3.8) is 0 Å². The van der Waals surface area contributed by atoms with Crippen LogP contribution >= 0.6 is 0 Å². The smallest absolute Gasteiger partial charge is 0.312 e. The van der Waals surface area contributed by atoms with E-state index in [0.717, 1.165) is 38.5 Å². The quantitative estimate of drug-likeness (QED) is 0.260. The number of halogens is 1. The van der Waals surface area contributed by atoms with Gasteiger partial charge in [0.25, 0.3) is 0 Å². The van der Waals surface area contributed by atoms with E-state index < -0.39 is 17.9 Å². The van der Waals surface area contributed by atoms with Crippen LogP contribution in [0.5, 0.6) is 0 Å². The van der Waals surface area contributed by atoms with E-state index in [9.17, 15) is 9.18 Å². The van der Waals surface area contributed by atoms with Crippen LogP contribution in [0.4, 0.5) is 10.2 Å². The number of hydrogen-bond donors (Lipinski definition) is 1. The number of hydrogen-bond acceptors (Lipinski definition) is 7. The van der Waals surface area contributed by atoms with E-state index in [1.807, 2.05) is 6.92 Å². The van der Waals surface area contributed by atoms with Gasteiger partial charge in [0.2, 0.25) is 0 Å². The topological polar surface area (TPSA) is 105 Å². The number of esters is 1. The van der Waals surface area contributed by atoms with Crippen LogP contribution < -0.4 is 5.73 Å². The lowest BCUT2D eigenvalue weighted by Gasteiger charge is -2.23. The highest BCUT2D eigenvalue weighted by molar-refractivity contribution is 5.81. The monoisotopic (exact) mass is 441 g/mol. The van der Waals surface area contributed by atoms with Crippen molar-refractivity contribution in [3.05, 3.63) is 12.4 Å². The molecular formula is C23H28FN5O3. The molecule has 170 valence electrons. The van der Waals surface area contributed by atoms with E-state index >= 15 is 0 Å². The number of nitrogens with zero attached hydrogens (tertiary/aromatic N) is 4. The molecule has 1 aliphatic heterocycles. The van der Waals surface area contributed by atoms with Gasteiger partial charge in [-0.3, -0.25) is 9.36 Å². The fraction of sp³-hybridized carbons (Fsp3) is 0.565. The number of nitrogens with two attached hydrogens (primary N) is 1. The summed E-state index contributed by atoms with van der Waals surface area (Å²) in [4.78, 5) is 23.5. The van der Waals surface area contributed by atoms with E-state index in [1.54, 1.807) is 4.57 Å². The minimum Gasteiger partial charge on any atom is -0.462 e. The van der Waals surface area contributed by atoms with Crippen molar-refractivity contribution in [2.75, 3.05) is 12.3 Å². The molecule has 1 aliphatic rings. The van der Waals surface area contributed by atoms with Crippen LogP contribution in [0, 0.1) is 30.3 Å². The lowest BCUT2D eigenvalue weighted by Crippen LogP contribution is -2.34. The first-order chi connectivity index (χ1) is 15.5. The summed E-state index contributed by atoms with van der Waals surface area (Å²) >= 11 is 0. The van der Waals surface area contributed by atoms with Gasteiger partial charge in [-0.2, -0.15) is 14.4 Å². The molecule has 2 unspecified atom stereocenters. The minimum atomic E-state index is -1.05. The number of ether oxygens (including phenoxy) is 2. The minimum absolute atomic E-state index is 0.0351. The number of carbonyl (C=O) groups excluding carboxylic acids is 1. The average Bonchev–Trinajstić information content (AvgIpc) is 3.39. The van der Waals surface area contributed by atoms with E-state index in [2.05, 4.69) is 32.7 Å². The Kier molecular flexibility index (Phi) is 8.02. The molecule has 0 radical (unpaired) electrons. The van der Waals surface area contributed by atoms with Crippen molar-refractivity contribution in [1.82, 2.24) is 19.5 Å². The first kappa shape index (κ1) is 23.5. The Balaban J connectivity index is 1.47. The standard InChI is InChI=1S/C23H28FN5O3/c1-3-5-6-7-8-9-10-11-12-18(30)31-15-23(4-2)14-13-17(32-23)29-16-26-19-20(25)27-22(24)28-21(19)29/h2,16-17H,6-15H2,1H3,(H2,25,27,28). The Bertz CT molecular complexity index is 1050. The maximum atomic E-state index is 13.6. The maximum Gasteiger partial charge on any atom is 0.312 e. The number of carbonyl (C=O) groups is 1. The molecule has 2 N–H and O–H groups in total. The third-order valence-corrected chi connectivity index (χ3v) is 5.48. The SMILES string of the molecule is C#CC1(COC(=O)CCCCCCCC#CC)CCC(n2cnc3c(N)nc(F)nc32)O1. The molecule has 2 aromatic heterocycles. The normalized spacial score (nSPS) is 20.0. The Hall–Kier alpha value is -3.17. The van der Waals surface area contributed by atoms with Crippen LogP contribution in [0.3, 0.4) is 0 Å². The van der Waals surface area contributed by atoms with Gasteiger partial charge < -0.3 is 15.2 Å². The second-order valence-corrected chi connectivity index (χ2v) is 7.81. The van der Waals surface area contributed by atoms with Gasteiger partial charge in [0, 0.05) is 12.8 Å². The Labute approximate surface area is 187 Å². The van der Waals surface area contributed by atoms with Crippen molar-refractivity contribution in [1.29, 1.82) is 0 Å². The second kappa shape index (κ2) is 10.9. The van der Waals surface area contributed by atoms with E-state index in [4.69, 9.17) is 21.6 Å². The molecule has 2 aromatic rings. The van der Waals surface area contributed by atoms with Gasteiger partial charge in [0.05, 0.1) is 6.33 Å². The number of nitrogen functional groups attached to an aromatic ring is 1. The van der Waals surface area contributed by atoms with Gasteiger partial charge in [-0.15, -0.1) is 18.3 Å². The molecule has 8 nitrogen and oxygen atoms in total. The van der Waals surface area contributed by atoms with Crippen LogP contribution in [0.2, 0.25) is 0 Å². The predicted octanol–water partition coefficient (Wildman–Crippen LogP) is 3.53. The number of fused-ring (bicyclic) bond motifs is 1. The van der Waals surface area contributed by atoms with Gasteiger partial charge in [0.15, 0.2) is 22.6 Å². The number of anilines is 1. The Morgan fingerprint density at radius 1 is 1.38 bits per heavy atom. The van der Waals surface area contributed by atoms with E-state index in [-0.39, 0.29) is 29.6 Å². The Morgan fingerprint density at radius 3 is 2.94 bits per heavy atom. The molecule has 0 saturated carbocycles. The number of aromatic nitrogens is 4. The summed E-state index contributed by atoms with van der Waals surface area (Å²) in [5.74, 6) is 8.22. The summed E-state index contributed by atoms with van der Waals surface area (Å²) in [6.45, 7) is 1.81. The van der Waals surface area contributed by atoms with Crippen molar-refractivity contribution in [2.24, 2.45) is 0 Å². The van der Waals surface area contributed by atoms with Gasteiger partial charge in [-0.05, 0) is 32.6 Å². The molecule has 0 bridgehead atoms. The number of terminal acetylenes is 1. The van der Waals surface area contributed by atoms with Gasteiger partial charge >= 0.3 is 12.0 Å². The molecule has 1 saturated heterocycles. The fourth-order valence-electron chi connectivity index (χ4n) is 3.71. The number of imidazole rings is 1. The van der Waals surface area contributed by atoms with Gasteiger partial charge in [0.1, 0.15) is 12.8 Å². The zero-order valence-corrected chi connectivity index (χ0v) is 18.3. The third-order valence-electron chi connectivity index (χ3n) is 5.48. The van der Waals surface area contributed by atoms with E-state index in [1.165, 1.54) is 6.33 Å². The van der Waals surface area contributed by atoms with Crippen LogP contribution in [-0.2, 0) is 14.3 Å². The van der Waals surface area contributed by atoms with Crippen molar-refractivity contribution in [3.8, 4) is 24.2 Å². The molecule has 9 heteroatoms. The molecule has 32 heavy (non-hydrogen) atoms. The summed E-state index contributed by atoms with van der Waals surface area (Å²) in [7, 11) is 0. The lowest BCUT2D eigenvalue weighted by atomic mass is 10.0. The van der Waals surface area contributed by atoms with Crippen molar-refractivity contribution >= 4 is 23.0 Å². The van der Waals surface area contributed by atoms with Crippen LogP contribution in [0.15, 0.2) is 6.33 Å². The van der Waals surface area contributed by atoms with Crippen LogP contribution in [0.25, 0.3) is 11.2 Å². The largest absolute Gasteiger partial charge is 0.462 e. The number of unbranched alkanes of at least 4 members (excludes halogenated alkanes) is 5. The highest BCUT2D eigenvalue weighted by atomic mass is 19.1. The van der Waals surface area contributed by atoms with Crippen molar-refractivity contribution < 1.29 is 18.7 Å². The highest BCUT2D eigenvalue weighted by Gasteiger charge is 2.41. The molecule has 0 spiro atoms. The predicted molar refractivity (Wildman–Crippen MR) is 117 cm³/mol. The molecule has 3 rings (SSSR count). The average molecular weight is 442 g/mol. The first-order valence-electron chi connectivity index (χ1n) is 10.8. The molecule has 0 amide bonds. The summed E-state index contributed by atoms with van der Waals surface area (Å²) in [6, 6.07) is 0. The summed E-state index contributed by atoms with van der Waals surface area (Å²) < 4.78 is 26.6. The zero-order chi connectivity index (χ0) is 23.0. The lowest BCUT2D eigenvalue weighted by molar-refractivity contribution is -0.152. The van der Waals surface area contributed by atoms with Crippen LogP contribution in [-0.4, -0.2) is 37.7 Å². The molecule has 3 heterocycles. The maximum absolute atomic E-state index is 13.6.